The van der Waals surface area contributed by atoms with E-state index in [0.717, 1.165) is 24.8 Å². The second-order valence-electron chi connectivity index (χ2n) is 4.23. The van der Waals surface area contributed by atoms with Gasteiger partial charge in [-0.05, 0) is 31.9 Å². The van der Waals surface area contributed by atoms with Gasteiger partial charge in [0.1, 0.15) is 11.3 Å². The minimum atomic E-state index is -0.313. The highest BCUT2D eigenvalue weighted by Gasteiger charge is 2.15. The molecule has 0 aliphatic rings. The highest BCUT2D eigenvalue weighted by Crippen LogP contribution is 2.24. The third-order valence-corrected chi connectivity index (χ3v) is 2.70. The maximum atomic E-state index is 11.8. The molecule has 0 atom stereocenters. The molecule has 0 saturated carbocycles. The van der Waals surface area contributed by atoms with Gasteiger partial charge in [-0.3, -0.25) is 0 Å². The lowest BCUT2D eigenvalue weighted by Crippen LogP contribution is -2.09. The van der Waals surface area contributed by atoms with Crippen LogP contribution in [0, 0.1) is 6.92 Å². The van der Waals surface area contributed by atoms with E-state index in [4.69, 9.17) is 9.47 Å². The summed E-state index contributed by atoms with van der Waals surface area (Å²) in [7, 11) is 0. The van der Waals surface area contributed by atoms with Crippen molar-refractivity contribution < 1.29 is 14.3 Å². The van der Waals surface area contributed by atoms with Gasteiger partial charge in [-0.2, -0.15) is 0 Å². The van der Waals surface area contributed by atoms with Crippen LogP contribution in [0.2, 0.25) is 0 Å². The van der Waals surface area contributed by atoms with E-state index in [2.05, 4.69) is 6.92 Å². The summed E-state index contributed by atoms with van der Waals surface area (Å²) in [5, 5.41) is 0. The molecule has 3 nitrogen and oxygen atoms in total. The van der Waals surface area contributed by atoms with Crippen LogP contribution >= 0.6 is 0 Å². The first kappa shape index (κ1) is 14.6. The van der Waals surface area contributed by atoms with Gasteiger partial charge in [0.2, 0.25) is 0 Å². The molecule has 0 N–H and O–H groups in total. The molecule has 0 saturated heterocycles. The first-order valence-corrected chi connectivity index (χ1v) is 6.60. The Balaban J connectivity index is 2.77. The number of ether oxygens (including phenoxy) is 2. The zero-order valence-corrected chi connectivity index (χ0v) is 11.5. The predicted octanol–water partition coefficient (Wildman–Crippen LogP) is 3.74. The van der Waals surface area contributed by atoms with Crippen molar-refractivity contribution in [2.75, 3.05) is 13.2 Å². The van der Waals surface area contributed by atoms with Gasteiger partial charge in [-0.15, -0.1) is 0 Å². The number of hydrogen-bond acceptors (Lipinski definition) is 3. The Kier molecular flexibility index (Phi) is 6.26. The number of para-hydroxylation sites is 1. The molecule has 0 spiro atoms. The lowest BCUT2D eigenvalue weighted by Gasteiger charge is -2.13. The molecule has 0 heterocycles. The Morgan fingerprint density at radius 3 is 2.67 bits per heavy atom. The van der Waals surface area contributed by atoms with E-state index in [-0.39, 0.29) is 5.97 Å². The summed E-state index contributed by atoms with van der Waals surface area (Å²) in [6.07, 6.45) is 3.30. The van der Waals surface area contributed by atoms with Crippen molar-refractivity contribution in [1.29, 1.82) is 0 Å². The molecule has 0 aromatic heterocycles. The van der Waals surface area contributed by atoms with E-state index in [9.17, 15) is 4.79 Å². The molecule has 0 aliphatic carbocycles. The summed E-state index contributed by atoms with van der Waals surface area (Å²) in [5.74, 6) is 0.346. The lowest BCUT2D eigenvalue weighted by atomic mass is 10.1. The molecule has 1 aromatic carbocycles. The summed E-state index contributed by atoms with van der Waals surface area (Å²) in [6, 6.07) is 5.54. The second kappa shape index (κ2) is 7.75. The van der Waals surface area contributed by atoms with Crippen molar-refractivity contribution in [2.24, 2.45) is 0 Å². The normalized spacial score (nSPS) is 10.2. The number of benzene rings is 1. The van der Waals surface area contributed by atoms with Crippen LogP contribution in [-0.4, -0.2) is 19.2 Å². The van der Waals surface area contributed by atoms with E-state index in [0.29, 0.717) is 24.5 Å². The van der Waals surface area contributed by atoms with Crippen LogP contribution in [0.15, 0.2) is 18.2 Å². The fraction of sp³-hybridized carbons (Fsp3) is 0.533. The van der Waals surface area contributed by atoms with Crippen molar-refractivity contribution in [2.45, 2.75) is 40.0 Å². The van der Waals surface area contributed by atoms with E-state index in [1.165, 1.54) is 0 Å². The Hall–Kier alpha value is -1.51. The Bertz CT molecular complexity index is 385. The number of carbonyl (C=O) groups excluding carboxylic acids is 1. The predicted molar refractivity (Wildman–Crippen MR) is 72.2 cm³/mol. The average molecular weight is 250 g/mol. The van der Waals surface area contributed by atoms with Crippen molar-refractivity contribution in [3.63, 3.8) is 0 Å². The molecule has 0 unspecified atom stereocenters. The highest BCUT2D eigenvalue weighted by atomic mass is 16.5. The van der Waals surface area contributed by atoms with Crippen molar-refractivity contribution in [3.8, 4) is 5.75 Å². The summed E-state index contributed by atoms with van der Waals surface area (Å²) < 4.78 is 10.8. The van der Waals surface area contributed by atoms with Crippen LogP contribution < -0.4 is 4.74 Å². The largest absolute Gasteiger partial charge is 0.492 e. The van der Waals surface area contributed by atoms with Gasteiger partial charge < -0.3 is 9.47 Å². The van der Waals surface area contributed by atoms with Crippen LogP contribution in [0.3, 0.4) is 0 Å². The van der Waals surface area contributed by atoms with Gasteiger partial charge >= 0.3 is 5.97 Å². The summed E-state index contributed by atoms with van der Waals surface area (Å²) in [5.41, 5.74) is 1.49. The molecule has 0 radical (unpaired) electrons. The monoisotopic (exact) mass is 250 g/mol. The van der Waals surface area contributed by atoms with Crippen molar-refractivity contribution in [1.82, 2.24) is 0 Å². The quantitative estimate of drug-likeness (QED) is 0.546. The third-order valence-electron chi connectivity index (χ3n) is 2.70. The van der Waals surface area contributed by atoms with Crippen LogP contribution in [0.5, 0.6) is 5.75 Å². The van der Waals surface area contributed by atoms with Gasteiger partial charge in [0, 0.05) is 0 Å². The van der Waals surface area contributed by atoms with Gasteiger partial charge in [-0.25, -0.2) is 4.79 Å². The van der Waals surface area contributed by atoms with Gasteiger partial charge in [0.15, 0.2) is 0 Å². The molecule has 100 valence electrons. The maximum absolute atomic E-state index is 11.8. The molecular formula is C15H22O3. The SMILES string of the molecule is CCCCCOc1c(C)cccc1C(=O)OCC. The summed E-state index contributed by atoms with van der Waals surface area (Å²) in [4.78, 5) is 11.8. The third kappa shape index (κ3) is 4.06. The fourth-order valence-corrected chi connectivity index (χ4v) is 1.74. The van der Waals surface area contributed by atoms with Gasteiger partial charge in [0.05, 0.1) is 13.2 Å². The van der Waals surface area contributed by atoms with E-state index >= 15 is 0 Å². The van der Waals surface area contributed by atoms with Gasteiger partial charge in [-0.1, -0.05) is 31.9 Å². The standard InChI is InChI=1S/C15H22O3/c1-4-6-7-11-18-14-12(3)9-8-10-13(14)15(16)17-5-2/h8-10H,4-7,11H2,1-3H3. The molecule has 3 heteroatoms. The number of hydrogen-bond donors (Lipinski definition) is 0. The summed E-state index contributed by atoms with van der Waals surface area (Å²) >= 11 is 0. The Morgan fingerprint density at radius 2 is 2.00 bits per heavy atom. The molecule has 1 aromatic rings. The second-order valence-corrected chi connectivity index (χ2v) is 4.23. The van der Waals surface area contributed by atoms with Gasteiger partial charge in [0.25, 0.3) is 0 Å². The number of esters is 1. The zero-order valence-electron chi connectivity index (χ0n) is 11.5. The minimum absolute atomic E-state index is 0.313. The van der Waals surface area contributed by atoms with Crippen LogP contribution in [0.1, 0.15) is 49.0 Å². The highest BCUT2D eigenvalue weighted by molar-refractivity contribution is 5.93. The number of carbonyl (C=O) groups is 1. The summed E-state index contributed by atoms with van der Waals surface area (Å²) in [6.45, 7) is 6.91. The Labute approximate surface area is 109 Å². The lowest BCUT2D eigenvalue weighted by molar-refractivity contribution is 0.0521. The van der Waals surface area contributed by atoms with Crippen LogP contribution in [-0.2, 0) is 4.74 Å². The van der Waals surface area contributed by atoms with Crippen molar-refractivity contribution >= 4 is 5.97 Å². The topological polar surface area (TPSA) is 35.5 Å². The molecule has 0 amide bonds. The van der Waals surface area contributed by atoms with E-state index < -0.39 is 0 Å². The maximum Gasteiger partial charge on any atom is 0.341 e. The Morgan fingerprint density at radius 1 is 1.22 bits per heavy atom. The molecule has 0 aliphatic heterocycles. The number of unbranched alkanes of at least 4 members (excludes halogenated alkanes) is 2. The fourth-order valence-electron chi connectivity index (χ4n) is 1.74. The van der Waals surface area contributed by atoms with Crippen molar-refractivity contribution in [3.05, 3.63) is 29.3 Å². The molecule has 1 rings (SSSR count). The molecule has 0 fully saturated rings. The zero-order chi connectivity index (χ0) is 13.4. The molecule has 18 heavy (non-hydrogen) atoms. The molecular weight excluding hydrogens is 228 g/mol. The van der Waals surface area contributed by atoms with Crippen LogP contribution in [0.4, 0.5) is 0 Å². The smallest absolute Gasteiger partial charge is 0.341 e. The first-order valence-electron chi connectivity index (χ1n) is 6.60. The van der Waals surface area contributed by atoms with Crippen LogP contribution in [0.25, 0.3) is 0 Å². The first-order chi connectivity index (χ1) is 8.70. The minimum Gasteiger partial charge on any atom is -0.492 e. The number of rotatable bonds is 7. The average Bonchev–Trinajstić information content (AvgIpc) is 2.36. The van der Waals surface area contributed by atoms with E-state index in [1.54, 1.807) is 13.0 Å². The van der Waals surface area contributed by atoms with E-state index in [1.807, 2.05) is 19.1 Å². The number of aryl methyl sites for hydroxylation is 1. The molecule has 0 bridgehead atoms.